The highest BCUT2D eigenvalue weighted by molar-refractivity contribution is 6.39. The number of pyridine rings is 2. The number of carbonyl (C=O) groups excluding carboxylic acids is 1. The number of hydrogen-bond donors (Lipinski definition) is 4. The highest BCUT2D eigenvalue weighted by Crippen LogP contribution is 2.42. The normalized spacial score (nSPS) is 14.7. The van der Waals surface area contributed by atoms with Crippen LogP contribution in [-0.2, 0) is 17.9 Å². The Balaban J connectivity index is 1.30. The molecule has 1 aliphatic rings. The van der Waals surface area contributed by atoms with E-state index in [4.69, 9.17) is 32.9 Å². The summed E-state index contributed by atoms with van der Waals surface area (Å²) in [5.41, 5.74) is 6.03. The molecule has 1 aliphatic heterocycles. The molecular weight excluding hydrogens is 707 g/mol. The molecule has 2 atom stereocenters. The molecule has 2 aromatic carbocycles. The number of aromatic nitrogens is 3. The topological polar surface area (TPSA) is 158 Å². The fourth-order valence-electron chi connectivity index (χ4n) is 6.42. The van der Waals surface area contributed by atoms with Gasteiger partial charge >= 0.3 is 6.09 Å². The van der Waals surface area contributed by atoms with Crippen LogP contribution < -0.4 is 20.9 Å². The van der Waals surface area contributed by atoms with Gasteiger partial charge in [0.15, 0.2) is 0 Å². The molecule has 2 amide bonds. The van der Waals surface area contributed by atoms with Gasteiger partial charge in [-0.1, -0.05) is 59.6 Å². The molecule has 12 nitrogen and oxygen atoms in total. The first-order valence-corrected chi connectivity index (χ1v) is 17.5. The van der Waals surface area contributed by atoms with Gasteiger partial charge in [0.25, 0.3) is 5.56 Å². The minimum atomic E-state index is -1.11. The van der Waals surface area contributed by atoms with E-state index in [0.717, 1.165) is 11.1 Å². The minimum absolute atomic E-state index is 0.0229. The van der Waals surface area contributed by atoms with Gasteiger partial charge in [-0.25, -0.2) is 14.8 Å². The van der Waals surface area contributed by atoms with Gasteiger partial charge in [-0.2, -0.15) is 0 Å². The fourth-order valence-corrected chi connectivity index (χ4v) is 7.08. The summed E-state index contributed by atoms with van der Waals surface area (Å²) in [6.07, 6.45) is 0.855. The number of aliphatic hydroxyl groups excluding tert-OH is 1. The van der Waals surface area contributed by atoms with E-state index in [-0.39, 0.29) is 43.0 Å². The van der Waals surface area contributed by atoms with E-state index in [1.54, 1.807) is 29.7 Å². The quantitative estimate of drug-likeness (QED) is 0.121. The molecule has 0 bridgehead atoms. The Bertz CT molecular complexity index is 2230. The Labute approximate surface area is 310 Å². The molecule has 0 spiro atoms. The fraction of sp³-hybridized carbons (Fsp3) is 0.289. The molecule has 4 heterocycles. The van der Waals surface area contributed by atoms with E-state index in [9.17, 15) is 24.6 Å². The van der Waals surface area contributed by atoms with E-state index in [2.05, 4.69) is 15.6 Å². The molecule has 270 valence electrons. The van der Waals surface area contributed by atoms with Crippen LogP contribution in [-0.4, -0.2) is 73.8 Å². The van der Waals surface area contributed by atoms with Crippen LogP contribution in [0.1, 0.15) is 36.6 Å². The van der Waals surface area contributed by atoms with Crippen LogP contribution >= 0.6 is 23.2 Å². The Morgan fingerprint density at radius 1 is 1.06 bits per heavy atom. The van der Waals surface area contributed by atoms with Gasteiger partial charge in [0.2, 0.25) is 11.8 Å². The third kappa shape index (κ3) is 7.75. The van der Waals surface area contributed by atoms with E-state index >= 15 is 0 Å². The van der Waals surface area contributed by atoms with Crippen molar-refractivity contribution < 1.29 is 24.5 Å². The second kappa shape index (κ2) is 15.7. The zero-order valence-corrected chi connectivity index (χ0v) is 30.3. The number of rotatable bonds is 12. The first-order valence-electron chi connectivity index (χ1n) is 16.7. The van der Waals surface area contributed by atoms with Crippen LogP contribution in [0, 0.1) is 6.92 Å². The maximum absolute atomic E-state index is 13.3. The number of aliphatic hydroxyl groups is 1. The molecular formula is C38H38Cl2N6O6. The maximum Gasteiger partial charge on any atom is 0.407 e. The Morgan fingerprint density at radius 2 is 1.75 bits per heavy atom. The van der Waals surface area contributed by atoms with E-state index < -0.39 is 12.2 Å². The number of carbonyl (C=O) groups is 2. The van der Waals surface area contributed by atoms with Gasteiger partial charge in [-0.15, -0.1) is 0 Å². The minimum Gasteiger partial charge on any atom is -0.481 e. The van der Waals surface area contributed by atoms with Crippen molar-refractivity contribution in [3.05, 3.63) is 104 Å². The highest BCUT2D eigenvalue weighted by atomic mass is 35.5. The molecule has 52 heavy (non-hydrogen) atoms. The van der Waals surface area contributed by atoms with Crippen molar-refractivity contribution >= 4 is 40.8 Å². The maximum atomic E-state index is 13.3. The SMILES string of the molecule is COc1nc(-c2cccc(-c3cccc(-c4cc(C)n5c(=O)c(CNCC(C)O)cnc5c4)c3Cl)c2Cl)ccc1CN(CC1CCC(=O)N1)C(=O)O. The number of benzene rings is 2. The molecule has 0 saturated carbocycles. The monoisotopic (exact) mass is 744 g/mol. The number of nitrogens with one attached hydrogen (secondary N) is 2. The lowest BCUT2D eigenvalue weighted by Crippen LogP contribution is -2.41. The Hall–Kier alpha value is -5.01. The molecule has 0 aliphatic carbocycles. The number of halogens is 2. The van der Waals surface area contributed by atoms with Crippen LogP contribution in [0.25, 0.3) is 39.2 Å². The van der Waals surface area contributed by atoms with Crippen LogP contribution in [0.4, 0.5) is 4.79 Å². The predicted molar refractivity (Wildman–Crippen MR) is 200 cm³/mol. The van der Waals surface area contributed by atoms with Crippen LogP contribution in [0.5, 0.6) is 5.88 Å². The molecule has 4 N–H and O–H groups in total. The van der Waals surface area contributed by atoms with Gasteiger partial charge in [-0.05, 0) is 50.1 Å². The average molecular weight is 746 g/mol. The van der Waals surface area contributed by atoms with Gasteiger partial charge < -0.3 is 30.5 Å². The van der Waals surface area contributed by atoms with Crippen molar-refractivity contribution in [2.75, 3.05) is 20.2 Å². The lowest BCUT2D eigenvalue weighted by molar-refractivity contribution is -0.119. The number of nitrogens with zero attached hydrogens (tertiary/aromatic N) is 4. The summed E-state index contributed by atoms with van der Waals surface area (Å²) < 4.78 is 7.15. The van der Waals surface area contributed by atoms with Gasteiger partial charge in [0.1, 0.15) is 5.65 Å². The third-order valence-electron chi connectivity index (χ3n) is 8.98. The smallest absolute Gasteiger partial charge is 0.407 e. The van der Waals surface area contributed by atoms with Crippen LogP contribution in [0.15, 0.2) is 71.7 Å². The summed E-state index contributed by atoms with van der Waals surface area (Å²) in [4.78, 5) is 47.5. The predicted octanol–water partition coefficient (Wildman–Crippen LogP) is 5.94. The van der Waals surface area contributed by atoms with E-state index in [1.165, 1.54) is 12.0 Å². The second-order valence-corrected chi connectivity index (χ2v) is 13.6. The number of carboxylic acid groups (broad SMARTS) is 1. The Morgan fingerprint density at radius 3 is 2.40 bits per heavy atom. The van der Waals surface area contributed by atoms with E-state index in [1.807, 2.05) is 55.5 Å². The number of hydrogen-bond acceptors (Lipinski definition) is 8. The van der Waals surface area contributed by atoms with Crippen molar-refractivity contribution in [1.29, 1.82) is 0 Å². The van der Waals surface area contributed by atoms with Gasteiger partial charge in [0.05, 0.1) is 41.1 Å². The summed E-state index contributed by atoms with van der Waals surface area (Å²) in [5, 5.41) is 26.2. The summed E-state index contributed by atoms with van der Waals surface area (Å²) in [6, 6.07) is 18.2. The zero-order chi connectivity index (χ0) is 37.1. The number of methoxy groups -OCH3 is 1. The molecule has 2 unspecified atom stereocenters. The lowest BCUT2D eigenvalue weighted by Gasteiger charge is -2.23. The van der Waals surface area contributed by atoms with Crippen molar-refractivity contribution in [2.24, 2.45) is 0 Å². The van der Waals surface area contributed by atoms with Crippen LogP contribution in [0.2, 0.25) is 10.0 Å². The van der Waals surface area contributed by atoms with Crippen molar-refractivity contribution in [3.8, 4) is 39.4 Å². The molecule has 5 aromatic rings. The third-order valence-corrected chi connectivity index (χ3v) is 9.80. The van der Waals surface area contributed by atoms with Crippen molar-refractivity contribution in [3.63, 3.8) is 0 Å². The molecule has 3 aromatic heterocycles. The number of fused-ring (bicyclic) bond motifs is 1. The Kier molecular flexibility index (Phi) is 11.1. The lowest BCUT2D eigenvalue weighted by atomic mass is 9.96. The average Bonchev–Trinajstić information content (AvgIpc) is 3.53. The van der Waals surface area contributed by atoms with Crippen molar-refractivity contribution in [2.45, 2.75) is 51.9 Å². The first kappa shape index (κ1) is 36.8. The first-order chi connectivity index (χ1) is 24.9. The molecule has 14 heteroatoms. The van der Waals surface area contributed by atoms with Crippen molar-refractivity contribution in [1.82, 2.24) is 29.9 Å². The highest BCUT2D eigenvalue weighted by Gasteiger charge is 2.26. The van der Waals surface area contributed by atoms with Crippen LogP contribution in [0.3, 0.4) is 0 Å². The summed E-state index contributed by atoms with van der Waals surface area (Å²) in [5.74, 6) is 0.168. The number of aryl methyl sites for hydroxylation is 1. The largest absolute Gasteiger partial charge is 0.481 e. The molecule has 1 saturated heterocycles. The molecule has 1 fully saturated rings. The molecule has 6 rings (SSSR count). The summed E-state index contributed by atoms with van der Waals surface area (Å²) in [6.45, 7) is 4.33. The van der Waals surface area contributed by atoms with Gasteiger partial charge in [0, 0.05) is 71.8 Å². The zero-order valence-electron chi connectivity index (χ0n) is 28.8. The standard InChI is InChI=1S/C38H38Cl2N6O6/c1-21-14-24(15-32-42-18-25(37(49)46(21)32)17-41-16-22(2)47)27-6-4-7-28(34(27)39)29-8-5-9-30(35(29)40)31-12-10-23(36(44-31)52-3)19-45(38(50)51)20-26-11-13-33(48)43-26/h4-10,12,14-15,18,22,26,41,47H,11,13,16-17,19-20H2,1-3H3,(H,43,48)(H,50,51). The summed E-state index contributed by atoms with van der Waals surface area (Å²) in [7, 11) is 1.47. The number of ether oxygens (including phenoxy) is 1. The van der Waals surface area contributed by atoms with E-state index in [0.29, 0.717) is 74.3 Å². The van der Waals surface area contributed by atoms with Gasteiger partial charge in [-0.3, -0.25) is 14.0 Å². The summed E-state index contributed by atoms with van der Waals surface area (Å²) >= 11 is 14.2. The number of amides is 2. The second-order valence-electron chi connectivity index (χ2n) is 12.8. The molecule has 0 radical (unpaired) electrons.